The van der Waals surface area contributed by atoms with Crippen molar-refractivity contribution in [2.75, 3.05) is 18.5 Å². The number of amides is 1. The van der Waals surface area contributed by atoms with Crippen LogP contribution >= 0.6 is 0 Å². The van der Waals surface area contributed by atoms with Crippen molar-refractivity contribution in [1.29, 1.82) is 5.26 Å². The Morgan fingerprint density at radius 3 is 2.93 bits per heavy atom. The molecule has 1 heterocycles. The first kappa shape index (κ1) is 18.5. The van der Waals surface area contributed by atoms with Crippen LogP contribution in [0.15, 0.2) is 50.8 Å². The molecule has 0 spiro atoms. The first-order valence-electron chi connectivity index (χ1n) is 8.15. The Labute approximate surface area is 160 Å². The normalized spacial score (nSPS) is 11.4. The van der Waals surface area contributed by atoms with Crippen LogP contribution in [0.1, 0.15) is 0 Å². The Bertz CT molecular complexity index is 1180. The van der Waals surface area contributed by atoms with Gasteiger partial charge in [-0.15, -0.1) is 6.42 Å². The number of fused-ring (bicyclic) bond motifs is 3. The van der Waals surface area contributed by atoms with E-state index < -0.39 is 5.91 Å². The summed E-state index contributed by atoms with van der Waals surface area (Å²) in [5, 5.41) is 13.0. The van der Waals surface area contributed by atoms with Gasteiger partial charge in [-0.3, -0.25) is 9.79 Å². The minimum Gasteiger partial charge on any atom is -0.479 e. The van der Waals surface area contributed by atoms with Crippen LogP contribution in [0, 0.1) is 23.7 Å². The number of nitrogens with one attached hydrogen (secondary N) is 1. The lowest BCUT2D eigenvalue weighted by Crippen LogP contribution is -2.16. The van der Waals surface area contributed by atoms with Gasteiger partial charge in [-0.25, -0.2) is 4.99 Å². The Balaban J connectivity index is 1.88. The van der Waals surface area contributed by atoms with Crippen LogP contribution < -0.4 is 15.8 Å². The fourth-order valence-corrected chi connectivity index (χ4v) is 2.53. The molecular formula is C20H15N5O3. The Kier molecular flexibility index (Phi) is 5.54. The summed E-state index contributed by atoms with van der Waals surface area (Å²) in [5.74, 6) is 2.16. The number of rotatable bonds is 6. The summed E-state index contributed by atoms with van der Waals surface area (Å²) in [6.07, 6.45) is 6.33. The minimum atomic E-state index is -0.414. The van der Waals surface area contributed by atoms with Gasteiger partial charge in [0.25, 0.3) is 0 Å². The second-order valence-corrected chi connectivity index (χ2v) is 5.57. The number of carbonyl (C=O) groups excluding carboxylic acids is 1. The van der Waals surface area contributed by atoms with Crippen LogP contribution in [0.2, 0.25) is 0 Å². The van der Waals surface area contributed by atoms with Gasteiger partial charge in [-0.2, -0.15) is 5.26 Å². The van der Waals surface area contributed by atoms with Crippen molar-refractivity contribution < 1.29 is 13.9 Å². The topological polar surface area (TPSA) is 126 Å². The number of aliphatic imine (C=N–C) groups is 2. The number of anilines is 1. The molecule has 28 heavy (non-hydrogen) atoms. The van der Waals surface area contributed by atoms with Gasteiger partial charge in [0.1, 0.15) is 42.5 Å². The summed E-state index contributed by atoms with van der Waals surface area (Å²) in [4.78, 5) is 19.5. The third-order valence-electron chi connectivity index (χ3n) is 3.69. The molecule has 0 aliphatic carbocycles. The van der Waals surface area contributed by atoms with Crippen LogP contribution in [-0.4, -0.2) is 31.2 Å². The van der Waals surface area contributed by atoms with Gasteiger partial charge in [0, 0.05) is 16.8 Å². The van der Waals surface area contributed by atoms with Crippen LogP contribution in [0.3, 0.4) is 0 Å². The van der Waals surface area contributed by atoms with Crippen molar-refractivity contribution in [2.24, 2.45) is 15.7 Å². The maximum atomic E-state index is 12.2. The second kappa shape index (κ2) is 8.39. The lowest BCUT2D eigenvalue weighted by atomic mass is 10.1. The summed E-state index contributed by atoms with van der Waals surface area (Å²) in [6, 6.07) is 12.7. The average molecular weight is 373 g/mol. The van der Waals surface area contributed by atoms with E-state index in [-0.39, 0.29) is 19.0 Å². The van der Waals surface area contributed by atoms with E-state index in [0.717, 1.165) is 22.7 Å². The molecule has 0 fully saturated rings. The molecule has 0 unspecified atom stereocenters. The van der Waals surface area contributed by atoms with Crippen molar-refractivity contribution in [1.82, 2.24) is 0 Å². The SMILES string of the molecule is C#CCOc1cc2c(cc1NC(=O)CN=CN=C(N)C#N)oc1ccccc12. The summed E-state index contributed by atoms with van der Waals surface area (Å²) >= 11 is 0. The van der Waals surface area contributed by atoms with E-state index >= 15 is 0 Å². The fourth-order valence-electron chi connectivity index (χ4n) is 2.53. The number of nitriles is 1. The van der Waals surface area contributed by atoms with Crippen LogP contribution in [-0.2, 0) is 4.79 Å². The molecule has 3 rings (SSSR count). The highest BCUT2D eigenvalue weighted by molar-refractivity contribution is 6.08. The molecule has 0 bridgehead atoms. The molecule has 138 valence electrons. The molecule has 8 heteroatoms. The lowest BCUT2D eigenvalue weighted by Gasteiger charge is -2.10. The number of para-hydroxylation sites is 1. The summed E-state index contributed by atoms with van der Waals surface area (Å²) < 4.78 is 11.4. The highest BCUT2D eigenvalue weighted by Crippen LogP contribution is 2.36. The number of hydrogen-bond donors (Lipinski definition) is 2. The number of furan rings is 1. The quantitative estimate of drug-likeness (QED) is 0.390. The van der Waals surface area contributed by atoms with E-state index in [9.17, 15) is 4.79 Å². The fraction of sp³-hybridized carbons (Fsp3) is 0.100. The number of ether oxygens (including phenoxy) is 1. The largest absolute Gasteiger partial charge is 0.479 e. The molecule has 0 aliphatic heterocycles. The number of terminal acetylenes is 1. The highest BCUT2D eigenvalue weighted by Gasteiger charge is 2.14. The van der Waals surface area contributed by atoms with Crippen LogP contribution in [0.25, 0.3) is 21.9 Å². The molecule has 1 amide bonds. The maximum Gasteiger partial charge on any atom is 0.246 e. The lowest BCUT2D eigenvalue weighted by molar-refractivity contribution is -0.114. The van der Waals surface area contributed by atoms with E-state index in [1.54, 1.807) is 18.2 Å². The Hall–Kier alpha value is -4.30. The molecule has 0 atom stereocenters. The van der Waals surface area contributed by atoms with Gasteiger partial charge in [-0.05, 0) is 12.1 Å². The van der Waals surface area contributed by atoms with Crippen LogP contribution in [0.4, 0.5) is 5.69 Å². The average Bonchev–Trinajstić information content (AvgIpc) is 3.06. The number of nitrogens with zero attached hydrogens (tertiary/aromatic N) is 3. The van der Waals surface area contributed by atoms with E-state index in [1.165, 1.54) is 0 Å². The molecule has 3 N–H and O–H groups in total. The second-order valence-electron chi connectivity index (χ2n) is 5.57. The van der Waals surface area contributed by atoms with E-state index in [4.69, 9.17) is 26.6 Å². The van der Waals surface area contributed by atoms with Gasteiger partial charge in [0.2, 0.25) is 11.7 Å². The van der Waals surface area contributed by atoms with Crippen molar-refractivity contribution in [3.05, 3.63) is 36.4 Å². The maximum absolute atomic E-state index is 12.2. The smallest absolute Gasteiger partial charge is 0.246 e. The molecule has 0 saturated carbocycles. The molecular weight excluding hydrogens is 358 g/mol. The van der Waals surface area contributed by atoms with Crippen molar-refractivity contribution in [3.63, 3.8) is 0 Å². The monoisotopic (exact) mass is 373 g/mol. The van der Waals surface area contributed by atoms with Crippen LogP contribution in [0.5, 0.6) is 5.75 Å². The molecule has 8 nitrogen and oxygen atoms in total. The zero-order valence-corrected chi connectivity index (χ0v) is 14.7. The van der Waals surface area contributed by atoms with Gasteiger partial charge in [-0.1, -0.05) is 24.1 Å². The van der Waals surface area contributed by atoms with Gasteiger partial charge in [0.15, 0.2) is 0 Å². The number of amidine groups is 1. The van der Waals surface area contributed by atoms with Gasteiger partial charge >= 0.3 is 0 Å². The molecule has 1 aromatic heterocycles. The first-order valence-corrected chi connectivity index (χ1v) is 8.15. The highest BCUT2D eigenvalue weighted by atomic mass is 16.5. The van der Waals surface area contributed by atoms with Gasteiger partial charge in [0.05, 0.1) is 5.69 Å². The molecule has 0 radical (unpaired) electrons. The van der Waals surface area contributed by atoms with Crippen molar-refractivity contribution in [3.8, 4) is 24.2 Å². The summed E-state index contributed by atoms with van der Waals surface area (Å²) in [5.41, 5.74) is 6.94. The number of carbonyl (C=O) groups is 1. The third kappa shape index (κ3) is 4.09. The van der Waals surface area contributed by atoms with E-state index in [0.29, 0.717) is 17.0 Å². The molecule has 0 saturated heterocycles. The first-order chi connectivity index (χ1) is 13.6. The summed E-state index contributed by atoms with van der Waals surface area (Å²) in [7, 11) is 0. The standard InChI is InChI=1S/C20H15N5O3/c1-2-7-27-18-8-14-13-5-3-4-6-16(13)28-17(14)9-15(18)25-20(26)11-23-12-24-19(22)10-21/h1,3-6,8-9,12H,7,11H2,(H,25,26)(H2,22,23,24). The zero-order chi connectivity index (χ0) is 19.9. The Morgan fingerprint density at radius 2 is 2.14 bits per heavy atom. The van der Waals surface area contributed by atoms with E-state index in [1.807, 2.05) is 24.3 Å². The predicted octanol–water partition coefficient (Wildman–Crippen LogP) is 2.45. The molecule has 2 aromatic carbocycles. The number of benzene rings is 2. The molecule has 3 aromatic rings. The van der Waals surface area contributed by atoms with E-state index in [2.05, 4.69) is 21.2 Å². The summed E-state index contributed by atoms with van der Waals surface area (Å²) in [6.45, 7) is -0.167. The Morgan fingerprint density at radius 1 is 1.32 bits per heavy atom. The van der Waals surface area contributed by atoms with Gasteiger partial charge < -0.3 is 20.2 Å². The van der Waals surface area contributed by atoms with Crippen molar-refractivity contribution in [2.45, 2.75) is 0 Å². The predicted molar refractivity (Wildman–Crippen MR) is 107 cm³/mol. The number of hydrogen-bond acceptors (Lipinski definition) is 5. The zero-order valence-electron chi connectivity index (χ0n) is 14.7. The number of nitrogens with two attached hydrogens (primary N) is 1. The third-order valence-corrected chi connectivity index (χ3v) is 3.69. The minimum absolute atomic E-state index is 0.0461. The van der Waals surface area contributed by atoms with Crippen molar-refractivity contribution >= 4 is 45.7 Å². The molecule has 0 aliphatic rings.